The van der Waals surface area contributed by atoms with Gasteiger partial charge in [-0.25, -0.2) is 9.97 Å². The third-order valence-corrected chi connectivity index (χ3v) is 4.59. The van der Waals surface area contributed by atoms with Crippen LogP contribution in [0.1, 0.15) is 37.9 Å². The Morgan fingerprint density at radius 2 is 2.37 bits per heavy atom. The summed E-state index contributed by atoms with van der Waals surface area (Å²) in [6, 6.07) is 2.15. The summed E-state index contributed by atoms with van der Waals surface area (Å²) < 4.78 is 0. The Bertz CT molecular complexity index is 635. The second kappa shape index (κ2) is 4.89. The minimum Gasteiger partial charge on any atom is -0.302 e. The lowest BCUT2D eigenvalue weighted by atomic mass is 9.85. The maximum absolute atomic E-state index is 11.1. The number of carbonyl (C=O) groups excluding carboxylic acids is 1. The van der Waals surface area contributed by atoms with Gasteiger partial charge in [0.25, 0.3) is 0 Å². The number of thiazole rings is 1. The number of hydrogen-bond acceptors (Lipinski definition) is 4. The van der Waals surface area contributed by atoms with Crippen molar-refractivity contribution < 1.29 is 4.79 Å². The van der Waals surface area contributed by atoms with E-state index in [0.29, 0.717) is 5.13 Å². The molecule has 4 nitrogen and oxygen atoms in total. The van der Waals surface area contributed by atoms with Gasteiger partial charge < -0.3 is 5.32 Å². The van der Waals surface area contributed by atoms with E-state index in [1.54, 1.807) is 0 Å². The van der Waals surface area contributed by atoms with Crippen molar-refractivity contribution in [1.29, 1.82) is 0 Å². The van der Waals surface area contributed by atoms with Crippen molar-refractivity contribution in [3.8, 4) is 0 Å². The van der Waals surface area contributed by atoms with Gasteiger partial charge in [-0.3, -0.25) is 4.79 Å². The van der Waals surface area contributed by atoms with Gasteiger partial charge in [0.15, 0.2) is 5.13 Å². The first-order valence-corrected chi connectivity index (χ1v) is 7.54. The topological polar surface area (TPSA) is 54.9 Å². The summed E-state index contributed by atoms with van der Waals surface area (Å²) in [6.45, 7) is 3.75. The van der Waals surface area contributed by atoms with Gasteiger partial charge in [-0.1, -0.05) is 24.7 Å². The number of nitrogens with one attached hydrogen (secondary N) is 1. The number of aromatic nitrogens is 2. The molecule has 2 heterocycles. The maximum atomic E-state index is 11.1. The van der Waals surface area contributed by atoms with Gasteiger partial charge in [0, 0.05) is 12.6 Å². The molecule has 3 rings (SSSR count). The SMILES string of the molecule is CCC1CCc2nc3sc(NC(C)=O)nc3cc2C1. The van der Waals surface area contributed by atoms with E-state index in [9.17, 15) is 4.79 Å². The Hall–Kier alpha value is -1.49. The monoisotopic (exact) mass is 275 g/mol. The molecule has 2 aromatic heterocycles. The van der Waals surface area contributed by atoms with E-state index in [1.807, 2.05) is 0 Å². The molecule has 1 atom stereocenters. The number of aryl methyl sites for hydroxylation is 1. The number of amides is 1. The number of rotatable bonds is 2. The highest BCUT2D eigenvalue weighted by molar-refractivity contribution is 7.21. The van der Waals surface area contributed by atoms with Crippen LogP contribution in [-0.2, 0) is 17.6 Å². The first kappa shape index (κ1) is 12.5. The normalized spacial score (nSPS) is 18.3. The molecule has 0 saturated heterocycles. The Labute approximate surface area is 116 Å². The fraction of sp³-hybridized carbons (Fsp3) is 0.500. The van der Waals surface area contributed by atoms with Gasteiger partial charge in [-0.2, -0.15) is 0 Å². The van der Waals surface area contributed by atoms with Crippen molar-refractivity contribution >= 4 is 32.7 Å². The fourth-order valence-electron chi connectivity index (χ4n) is 2.64. The molecule has 1 unspecified atom stereocenters. The van der Waals surface area contributed by atoms with Crippen LogP contribution < -0.4 is 5.32 Å². The van der Waals surface area contributed by atoms with E-state index in [0.717, 1.165) is 29.1 Å². The van der Waals surface area contributed by atoms with Crippen LogP contribution in [0, 0.1) is 5.92 Å². The summed E-state index contributed by atoms with van der Waals surface area (Å²) >= 11 is 1.45. The molecule has 0 aromatic carbocycles. The summed E-state index contributed by atoms with van der Waals surface area (Å²) in [6.07, 6.45) is 4.64. The fourth-order valence-corrected chi connectivity index (χ4v) is 3.53. The molecule has 5 heteroatoms. The van der Waals surface area contributed by atoms with E-state index >= 15 is 0 Å². The molecular weight excluding hydrogens is 258 g/mol. The Kier molecular flexibility index (Phi) is 3.22. The predicted molar refractivity (Wildman–Crippen MR) is 77.5 cm³/mol. The van der Waals surface area contributed by atoms with Crippen LogP contribution in [0.25, 0.3) is 10.3 Å². The summed E-state index contributed by atoms with van der Waals surface area (Å²) in [4.78, 5) is 21.1. The summed E-state index contributed by atoms with van der Waals surface area (Å²) in [5.41, 5.74) is 3.46. The Morgan fingerprint density at radius 1 is 1.53 bits per heavy atom. The smallest absolute Gasteiger partial charge is 0.223 e. The third kappa shape index (κ3) is 2.47. The van der Waals surface area contributed by atoms with Gasteiger partial charge in [-0.15, -0.1) is 0 Å². The van der Waals surface area contributed by atoms with E-state index in [-0.39, 0.29) is 5.91 Å². The quantitative estimate of drug-likeness (QED) is 0.916. The van der Waals surface area contributed by atoms with Gasteiger partial charge in [0.1, 0.15) is 10.3 Å². The van der Waals surface area contributed by atoms with Crippen LogP contribution in [0.15, 0.2) is 6.07 Å². The summed E-state index contributed by atoms with van der Waals surface area (Å²) in [7, 11) is 0. The molecule has 0 saturated carbocycles. The van der Waals surface area contributed by atoms with Gasteiger partial charge in [0.2, 0.25) is 5.91 Å². The molecular formula is C14H17N3OS. The van der Waals surface area contributed by atoms with Gasteiger partial charge in [-0.05, 0) is 36.8 Å². The Morgan fingerprint density at radius 3 is 3.11 bits per heavy atom. The van der Waals surface area contributed by atoms with Crippen LogP contribution in [0.2, 0.25) is 0 Å². The zero-order chi connectivity index (χ0) is 13.4. The minimum absolute atomic E-state index is 0.0881. The van der Waals surface area contributed by atoms with Gasteiger partial charge >= 0.3 is 0 Å². The molecule has 1 N–H and O–H groups in total. The molecule has 100 valence electrons. The molecule has 1 aliphatic rings. The second-order valence-electron chi connectivity index (χ2n) is 5.14. The highest BCUT2D eigenvalue weighted by atomic mass is 32.1. The average molecular weight is 275 g/mol. The molecule has 2 aromatic rings. The van der Waals surface area contributed by atoms with Crippen molar-refractivity contribution in [2.24, 2.45) is 5.92 Å². The van der Waals surface area contributed by atoms with Crippen molar-refractivity contribution in [3.05, 3.63) is 17.3 Å². The lowest BCUT2D eigenvalue weighted by Gasteiger charge is -2.22. The first-order valence-electron chi connectivity index (χ1n) is 6.72. The van der Waals surface area contributed by atoms with E-state index in [4.69, 9.17) is 4.98 Å². The van der Waals surface area contributed by atoms with E-state index in [2.05, 4.69) is 23.3 Å². The number of hydrogen-bond donors (Lipinski definition) is 1. The lowest BCUT2D eigenvalue weighted by Crippen LogP contribution is -2.14. The molecule has 19 heavy (non-hydrogen) atoms. The lowest BCUT2D eigenvalue weighted by molar-refractivity contribution is -0.114. The number of carbonyl (C=O) groups is 1. The molecule has 0 bridgehead atoms. The zero-order valence-corrected chi connectivity index (χ0v) is 12.0. The largest absolute Gasteiger partial charge is 0.302 e. The molecule has 0 fully saturated rings. The van der Waals surface area contributed by atoms with E-state index in [1.165, 1.54) is 42.4 Å². The molecule has 1 aliphatic carbocycles. The second-order valence-corrected chi connectivity index (χ2v) is 6.11. The predicted octanol–water partition coefficient (Wildman–Crippen LogP) is 3.16. The number of pyridine rings is 1. The molecule has 0 aliphatic heterocycles. The average Bonchev–Trinajstić information content (AvgIpc) is 2.75. The van der Waals surface area contributed by atoms with Crippen LogP contribution >= 0.6 is 11.3 Å². The number of nitrogens with zero attached hydrogens (tertiary/aromatic N) is 2. The molecule has 0 spiro atoms. The number of fused-ring (bicyclic) bond motifs is 2. The van der Waals surface area contributed by atoms with Crippen molar-refractivity contribution in [3.63, 3.8) is 0 Å². The summed E-state index contributed by atoms with van der Waals surface area (Å²) in [5.74, 6) is 0.690. The van der Waals surface area contributed by atoms with Gasteiger partial charge in [0.05, 0.1) is 0 Å². The third-order valence-electron chi connectivity index (χ3n) is 3.71. The Balaban J connectivity index is 1.98. The summed E-state index contributed by atoms with van der Waals surface area (Å²) in [5, 5.41) is 3.38. The van der Waals surface area contributed by atoms with Crippen LogP contribution in [-0.4, -0.2) is 15.9 Å². The molecule has 1 amide bonds. The highest BCUT2D eigenvalue weighted by Crippen LogP contribution is 2.31. The first-order chi connectivity index (χ1) is 9.15. The standard InChI is InChI=1S/C14H17N3OS/c1-3-9-4-5-11-10(6-9)7-12-13(16-11)19-14(17-12)15-8(2)18/h7,9H,3-6H2,1-2H3,(H,15,17,18). The van der Waals surface area contributed by atoms with Crippen molar-refractivity contribution in [2.45, 2.75) is 39.5 Å². The van der Waals surface area contributed by atoms with E-state index < -0.39 is 0 Å². The highest BCUT2D eigenvalue weighted by Gasteiger charge is 2.20. The maximum Gasteiger partial charge on any atom is 0.223 e. The van der Waals surface area contributed by atoms with Crippen LogP contribution in [0.5, 0.6) is 0 Å². The number of anilines is 1. The van der Waals surface area contributed by atoms with Crippen molar-refractivity contribution in [2.75, 3.05) is 5.32 Å². The zero-order valence-electron chi connectivity index (χ0n) is 11.2. The van der Waals surface area contributed by atoms with Crippen LogP contribution in [0.3, 0.4) is 0 Å². The minimum atomic E-state index is -0.0881. The van der Waals surface area contributed by atoms with Crippen molar-refractivity contribution in [1.82, 2.24) is 9.97 Å². The molecule has 0 radical (unpaired) electrons. The van der Waals surface area contributed by atoms with Crippen LogP contribution in [0.4, 0.5) is 5.13 Å².